The van der Waals surface area contributed by atoms with Crippen LogP contribution in [0.1, 0.15) is 28.2 Å². The monoisotopic (exact) mass is 276 g/mol. The Morgan fingerprint density at radius 1 is 1.50 bits per heavy atom. The summed E-state index contributed by atoms with van der Waals surface area (Å²) in [7, 11) is 1.69. The summed E-state index contributed by atoms with van der Waals surface area (Å²) in [5.74, 6) is -0.920. The molecule has 2 rings (SSSR count). The van der Waals surface area contributed by atoms with Crippen molar-refractivity contribution < 1.29 is 14.6 Å². The molecule has 0 saturated heterocycles. The van der Waals surface area contributed by atoms with Gasteiger partial charge in [0.1, 0.15) is 5.56 Å². The third kappa shape index (κ3) is 2.99. The van der Waals surface area contributed by atoms with Gasteiger partial charge in [-0.3, -0.25) is 4.98 Å². The van der Waals surface area contributed by atoms with E-state index >= 15 is 0 Å². The first-order chi connectivity index (χ1) is 9.52. The lowest BCUT2D eigenvalue weighted by Crippen LogP contribution is -2.31. The zero-order valence-corrected chi connectivity index (χ0v) is 12.1. The number of aromatic carboxylic acids is 1. The maximum absolute atomic E-state index is 11.5. The Kier molecular flexibility index (Phi) is 4.39. The fourth-order valence-electron chi connectivity index (χ4n) is 2.57. The Morgan fingerprint density at radius 3 is 2.80 bits per heavy atom. The van der Waals surface area contributed by atoms with Crippen molar-refractivity contribution in [1.29, 1.82) is 0 Å². The second-order valence-corrected chi connectivity index (χ2v) is 5.04. The van der Waals surface area contributed by atoms with Crippen LogP contribution < -0.4 is 4.90 Å². The highest BCUT2D eigenvalue weighted by atomic mass is 16.5. The number of methoxy groups -OCH3 is 1. The summed E-state index contributed by atoms with van der Waals surface area (Å²) in [6.07, 6.45) is 3.01. The number of aromatic nitrogens is 1. The second-order valence-electron chi connectivity index (χ2n) is 5.04. The number of anilines is 1. The van der Waals surface area contributed by atoms with Crippen molar-refractivity contribution in [3.8, 4) is 0 Å². The average molecular weight is 276 g/mol. The minimum absolute atomic E-state index is 0.305. The lowest BCUT2D eigenvalue weighted by Gasteiger charge is -2.30. The molecule has 2 heterocycles. The molecule has 0 atom stereocenters. The molecule has 1 N–H and O–H groups in total. The van der Waals surface area contributed by atoms with Crippen molar-refractivity contribution in [3.63, 3.8) is 0 Å². The van der Waals surface area contributed by atoms with Gasteiger partial charge in [0.25, 0.3) is 0 Å². The van der Waals surface area contributed by atoms with Crippen molar-refractivity contribution >= 4 is 11.7 Å². The van der Waals surface area contributed by atoms with Gasteiger partial charge >= 0.3 is 5.97 Å². The molecule has 1 aliphatic heterocycles. The largest absolute Gasteiger partial charge is 0.478 e. The van der Waals surface area contributed by atoms with Crippen molar-refractivity contribution in [2.45, 2.75) is 20.3 Å². The van der Waals surface area contributed by atoms with Crippen LogP contribution in [0.3, 0.4) is 0 Å². The quantitative estimate of drug-likeness (QED) is 0.854. The molecule has 5 nitrogen and oxygen atoms in total. The third-order valence-electron chi connectivity index (χ3n) is 3.50. The molecule has 1 aromatic heterocycles. The van der Waals surface area contributed by atoms with Gasteiger partial charge in [-0.2, -0.15) is 0 Å². The van der Waals surface area contributed by atoms with Gasteiger partial charge in [-0.25, -0.2) is 4.79 Å². The zero-order valence-electron chi connectivity index (χ0n) is 12.1. The highest BCUT2D eigenvalue weighted by molar-refractivity contribution is 5.95. The molecular formula is C15H20N2O3. The van der Waals surface area contributed by atoms with Crippen LogP contribution in [0.5, 0.6) is 0 Å². The number of rotatable bonds is 4. The molecule has 108 valence electrons. The maximum atomic E-state index is 11.5. The highest BCUT2D eigenvalue weighted by Crippen LogP contribution is 2.26. The van der Waals surface area contributed by atoms with Gasteiger partial charge in [0.05, 0.1) is 18.0 Å². The van der Waals surface area contributed by atoms with Crippen LogP contribution in [0.2, 0.25) is 0 Å². The van der Waals surface area contributed by atoms with E-state index in [1.54, 1.807) is 14.0 Å². The number of ether oxygens (including phenoxy) is 1. The first-order valence-corrected chi connectivity index (χ1v) is 6.66. The first-order valence-electron chi connectivity index (χ1n) is 6.66. The average Bonchev–Trinajstić information content (AvgIpc) is 2.38. The van der Waals surface area contributed by atoms with Gasteiger partial charge in [-0.1, -0.05) is 6.08 Å². The number of nitrogens with zero attached hydrogens (tertiary/aromatic N) is 2. The van der Waals surface area contributed by atoms with E-state index in [0.717, 1.165) is 24.3 Å². The summed E-state index contributed by atoms with van der Waals surface area (Å²) >= 11 is 0. The van der Waals surface area contributed by atoms with E-state index in [2.05, 4.69) is 16.0 Å². The molecule has 1 aromatic rings. The summed E-state index contributed by atoms with van der Waals surface area (Å²) in [4.78, 5) is 17.8. The van der Waals surface area contributed by atoms with E-state index in [9.17, 15) is 9.90 Å². The van der Waals surface area contributed by atoms with Crippen molar-refractivity contribution in [3.05, 3.63) is 34.7 Å². The first kappa shape index (κ1) is 14.5. The number of pyridine rings is 1. The minimum Gasteiger partial charge on any atom is -0.478 e. The predicted molar refractivity (Wildman–Crippen MR) is 77.5 cm³/mol. The van der Waals surface area contributed by atoms with Crippen LogP contribution in [0.25, 0.3) is 0 Å². The molecule has 0 amide bonds. The third-order valence-corrected chi connectivity index (χ3v) is 3.50. The van der Waals surface area contributed by atoms with Gasteiger partial charge < -0.3 is 14.7 Å². The molecule has 0 unspecified atom stereocenters. The molecule has 0 saturated carbocycles. The molecule has 0 aliphatic carbocycles. The van der Waals surface area contributed by atoms with E-state index < -0.39 is 5.97 Å². The molecule has 0 fully saturated rings. The van der Waals surface area contributed by atoms with Crippen LogP contribution in [0, 0.1) is 13.8 Å². The van der Waals surface area contributed by atoms with Crippen LogP contribution in [0.4, 0.5) is 5.69 Å². The predicted octanol–water partition coefficient (Wildman–Crippen LogP) is 2.18. The van der Waals surface area contributed by atoms with E-state index in [0.29, 0.717) is 24.4 Å². The molecule has 0 aromatic carbocycles. The van der Waals surface area contributed by atoms with Crippen molar-refractivity contribution in [1.82, 2.24) is 4.98 Å². The number of carboxylic acids is 1. The number of carboxylic acid groups (broad SMARTS) is 1. The van der Waals surface area contributed by atoms with Gasteiger partial charge in [0, 0.05) is 25.9 Å². The number of hydrogen-bond acceptors (Lipinski definition) is 4. The normalized spacial score (nSPS) is 15.2. The molecular weight excluding hydrogens is 256 g/mol. The van der Waals surface area contributed by atoms with E-state index in [4.69, 9.17) is 4.74 Å². The fourth-order valence-corrected chi connectivity index (χ4v) is 2.57. The second kappa shape index (κ2) is 6.05. The Labute approximate surface area is 118 Å². The van der Waals surface area contributed by atoms with Crippen LogP contribution >= 0.6 is 0 Å². The molecule has 0 bridgehead atoms. The number of carbonyl (C=O) groups is 1. The Hall–Kier alpha value is -1.88. The summed E-state index contributed by atoms with van der Waals surface area (Å²) < 4.78 is 5.13. The summed E-state index contributed by atoms with van der Waals surface area (Å²) in [5.41, 5.74) is 3.74. The van der Waals surface area contributed by atoms with E-state index in [-0.39, 0.29) is 0 Å². The fraction of sp³-hybridized carbons (Fsp3) is 0.467. The van der Waals surface area contributed by atoms with Crippen LogP contribution in [-0.4, -0.2) is 42.9 Å². The zero-order chi connectivity index (χ0) is 14.7. The van der Waals surface area contributed by atoms with Crippen LogP contribution in [-0.2, 0) is 4.74 Å². The van der Waals surface area contributed by atoms with E-state index in [1.165, 1.54) is 5.57 Å². The Morgan fingerprint density at radius 2 is 2.25 bits per heavy atom. The standard InChI is InChI=1S/C15H20N2O3/c1-10-8-13(14(15(18)19)11(2)16-10)17-6-4-12(5-7-17)9-20-3/h4,8H,5-7,9H2,1-3H3,(H,18,19). The topological polar surface area (TPSA) is 62.7 Å². The molecule has 1 aliphatic rings. The summed E-state index contributed by atoms with van der Waals surface area (Å²) in [6, 6.07) is 1.85. The van der Waals surface area contributed by atoms with Gasteiger partial charge in [0.15, 0.2) is 0 Å². The summed E-state index contributed by atoms with van der Waals surface area (Å²) in [6.45, 7) is 5.79. The SMILES string of the molecule is COCC1=CCN(c2cc(C)nc(C)c2C(=O)O)CC1. The minimum atomic E-state index is -0.920. The number of hydrogen-bond donors (Lipinski definition) is 1. The Bertz CT molecular complexity index is 552. The molecule has 0 radical (unpaired) electrons. The lowest BCUT2D eigenvalue weighted by atomic mass is 10.1. The smallest absolute Gasteiger partial charge is 0.339 e. The lowest BCUT2D eigenvalue weighted by molar-refractivity contribution is 0.0696. The number of aryl methyl sites for hydroxylation is 2. The molecule has 0 spiro atoms. The highest BCUT2D eigenvalue weighted by Gasteiger charge is 2.21. The van der Waals surface area contributed by atoms with Crippen LogP contribution in [0.15, 0.2) is 17.7 Å². The maximum Gasteiger partial charge on any atom is 0.339 e. The van der Waals surface area contributed by atoms with Crippen molar-refractivity contribution in [2.24, 2.45) is 0 Å². The Balaban J connectivity index is 2.32. The van der Waals surface area contributed by atoms with E-state index in [1.807, 2.05) is 13.0 Å². The van der Waals surface area contributed by atoms with Gasteiger partial charge in [-0.15, -0.1) is 0 Å². The molecule has 20 heavy (non-hydrogen) atoms. The van der Waals surface area contributed by atoms with Gasteiger partial charge in [-0.05, 0) is 31.9 Å². The van der Waals surface area contributed by atoms with Crippen molar-refractivity contribution in [2.75, 3.05) is 31.7 Å². The summed E-state index contributed by atoms with van der Waals surface area (Å²) in [5, 5.41) is 9.40. The van der Waals surface area contributed by atoms with Gasteiger partial charge in [0.2, 0.25) is 0 Å². The molecule has 5 heteroatoms.